The van der Waals surface area contributed by atoms with E-state index in [2.05, 4.69) is 25.7 Å². The fraction of sp³-hybridized carbons (Fsp3) is 0.214. The predicted molar refractivity (Wildman–Crippen MR) is 90.0 cm³/mol. The van der Waals surface area contributed by atoms with E-state index in [1.165, 1.54) is 23.5 Å². The largest absolute Gasteiger partial charge is 0.508 e. The Kier molecular flexibility index (Phi) is 5.06. The molecule has 0 fully saturated rings. The molecule has 0 bridgehead atoms. The number of hydrogen-bond acceptors (Lipinski definition) is 9. The van der Waals surface area contributed by atoms with Crippen LogP contribution in [0.1, 0.15) is 11.9 Å². The number of aromatic hydroxyl groups is 1. The van der Waals surface area contributed by atoms with Crippen molar-refractivity contribution in [2.45, 2.75) is 18.6 Å². The molecule has 0 aliphatic heterocycles. The van der Waals surface area contributed by atoms with Gasteiger partial charge < -0.3 is 9.52 Å². The molecule has 2 heterocycles. The number of aromatic nitrogens is 4. The second kappa shape index (κ2) is 7.41. The molecule has 2 aromatic heterocycles. The molecular weight excluding hydrogens is 350 g/mol. The average molecular weight is 363 g/mol. The number of carbonyl (C=O) groups is 1. The first-order valence-electron chi connectivity index (χ1n) is 7.02. The normalized spacial score (nSPS) is 10.7. The fourth-order valence-corrected chi connectivity index (χ4v) is 2.98. The molecule has 10 heteroatoms. The Balaban J connectivity index is 1.55. The van der Waals surface area contributed by atoms with Gasteiger partial charge in [0, 0.05) is 5.56 Å². The van der Waals surface area contributed by atoms with E-state index in [-0.39, 0.29) is 17.4 Å². The van der Waals surface area contributed by atoms with Crippen LogP contribution in [0.25, 0.3) is 11.5 Å². The van der Waals surface area contributed by atoms with Gasteiger partial charge in [-0.25, -0.2) is 0 Å². The minimum absolute atomic E-state index is 0.123. The summed E-state index contributed by atoms with van der Waals surface area (Å²) in [4.78, 5) is 11.9. The fourth-order valence-electron chi connectivity index (χ4n) is 1.72. The lowest BCUT2D eigenvalue weighted by molar-refractivity contribution is -0.113. The lowest BCUT2D eigenvalue weighted by atomic mass is 10.2. The topological polar surface area (TPSA) is 114 Å². The zero-order chi connectivity index (χ0) is 16.9. The standard InChI is InChI=1S/C14H13N5O3S2/c1-2-11-16-18-13(24-11)15-10(21)7-23-14-19-17-12(22-14)8-3-5-9(20)6-4-8/h3-6,20H,2,7H2,1H3,(H,15,18,21). The van der Waals surface area contributed by atoms with Crippen molar-refractivity contribution in [2.75, 3.05) is 11.1 Å². The number of nitrogens with zero attached hydrogens (tertiary/aromatic N) is 4. The SMILES string of the molecule is CCc1nnc(NC(=O)CSc2nnc(-c3ccc(O)cc3)o2)s1. The number of aryl methyl sites for hydroxylation is 1. The maximum atomic E-state index is 11.9. The highest BCUT2D eigenvalue weighted by atomic mass is 32.2. The Bertz CT molecular complexity index is 831. The van der Waals surface area contributed by atoms with Crippen molar-refractivity contribution in [3.05, 3.63) is 29.3 Å². The molecule has 0 radical (unpaired) electrons. The second-order valence-electron chi connectivity index (χ2n) is 4.61. The first-order chi connectivity index (χ1) is 11.6. The van der Waals surface area contributed by atoms with Gasteiger partial charge in [0.15, 0.2) is 0 Å². The third-order valence-electron chi connectivity index (χ3n) is 2.86. The van der Waals surface area contributed by atoms with Crippen molar-refractivity contribution < 1.29 is 14.3 Å². The predicted octanol–water partition coefficient (Wildman–Crippen LogP) is 2.59. The second-order valence-corrected chi connectivity index (χ2v) is 6.60. The van der Waals surface area contributed by atoms with Crippen LogP contribution in [-0.4, -0.2) is 37.2 Å². The van der Waals surface area contributed by atoms with Gasteiger partial charge in [0.1, 0.15) is 10.8 Å². The van der Waals surface area contributed by atoms with E-state index < -0.39 is 0 Å². The number of rotatable bonds is 6. The zero-order valence-corrected chi connectivity index (χ0v) is 14.2. The summed E-state index contributed by atoms with van der Waals surface area (Å²) in [5, 5.41) is 29.2. The van der Waals surface area contributed by atoms with E-state index in [0.29, 0.717) is 21.8 Å². The van der Waals surface area contributed by atoms with Crippen molar-refractivity contribution >= 4 is 34.1 Å². The molecule has 0 saturated carbocycles. The van der Waals surface area contributed by atoms with Crippen LogP contribution in [0.3, 0.4) is 0 Å². The van der Waals surface area contributed by atoms with Gasteiger partial charge in [-0.15, -0.1) is 20.4 Å². The van der Waals surface area contributed by atoms with Crippen LogP contribution in [0.4, 0.5) is 5.13 Å². The summed E-state index contributed by atoms with van der Waals surface area (Å²) >= 11 is 2.48. The van der Waals surface area contributed by atoms with Gasteiger partial charge in [0.25, 0.3) is 5.22 Å². The summed E-state index contributed by atoms with van der Waals surface area (Å²) in [6.45, 7) is 1.98. The zero-order valence-electron chi connectivity index (χ0n) is 12.6. The summed E-state index contributed by atoms with van der Waals surface area (Å²) in [7, 11) is 0. The Hall–Kier alpha value is -2.46. The minimum atomic E-state index is -0.219. The van der Waals surface area contributed by atoms with Crippen molar-refractivity contribution in [3.8, 4) is 17.2 Å². The highest BCUT2D eigenvalue weighted by molar-refractivity contribution is 7.99. The molecule has 0 saturated heterocycles. The van der Waals surface area contributed by atoms with Gasteiger partial charge in [-0.3, -0.25) is 10.1 Å². The molecule has 0 unspecified atom stereocenters. The smallest absolute Gasteiger partial charge is 0.277 e. The van der Waals surface area contributed by atoms with Crippen LogP contribution in [0, 0.1) is 0 Å². The van der Waals surface area contributed by atoms with E-state index in [1.54, 1.807) is 12.1 Å². The molecule has 3 aromatic rings. The Labute approximate surface area is 145 Å². The molecule has 2 N–H and O–H groups in total. The average Bonchev–Trinajstić information content (AvgIpc) is 3.23. The summed E-state index contributed by atoms with van der Waals surface area (Å²) in [5.41, 5.74) is 0.692. The third-order valence-corrected chi connectivity index (χ3v) is 4.66. The maximum absolute atomic E-state index is 11.9. The van der Waals surface area contributed by atoms with Crippen LogP contribution in [0.15, 0.2) is 33.9 Å². The molecule has 1 amide bonds. The van der Waals surface area contributed by atoms with Gasteiger partial charge in [-0.05, 0) is 30.7 Å². The van der Waals surface area contributed by atoms with Gasteiger partial charge in [-0.2, -0.15) is 0 Å². The Morgan fingerprint density at radius 1 is 1.25 bits per heavy atom. The molecular formula is C14H13N5O3S2. The molecule has 0 atom stereocenters. The Morgan fingerprint density at radius 3 is 2.75 bits per heavy atom. The van der Waals surface area contributed by atoms with Crippen LogP contribution in [0.5, 0.6) is 5.75 Å². The summed E-state index contributed by atoms with van der Waals surface area (Å²) in [6, 6.07) is 6.41. The van der Waals surface area contributed by atoms with E-state index in [4.69, 9.17) is 4.42 Å². The quantitative estimate of drug-likeness (QED) is 0.642. The lowest BCUT2D eigenvalue weighted by Gasteiger charge is -1.98. The number of phenols is 1. The van der Waals surface area contributed by atoms with Crippen LogP contribution >= 0.6 is 23.1 Å². The van der Waals surface area contributed by atoms with Gasteiger partial charge in [-0.1, -0.05) is 30.0 Å². The number of benzene rings is 1. The molecule has 3 rings (SSSR count). The number of hydrogen-bond donors (Lipinski definition) is 2. The summed E-state index contributed by atoms with van der Waals surface area (Å²) in [6.07, 6.45) is 0.782. The summed E-state index contributed by atoms with van der Waals surface area (Å²) in [5.74, 6) is 0.392. The number of nitrogens with one attached hydrogen (secondary N) is 1. The van der Waals surface area contributed by atoms with E-state index in [0.717, 1.165) is 23.2 Å². The van der Waals surface area contributed by atoms with E-state index in [1.807, 2.05) is 6.92 Å². The van der Waals surface area contributed by atoms with Crippen LogP contribution in [-0.2, 0) is 11.2 Å². The lowest BCUT2D eigenvalue weighted by Crippen LogP contribution is -2.13. The van der Waals surface area contributed by atoms with Crippen LogP contribution in [0.2, 0.25) is 0 Å². The number of anilines is 1. The number of amides is 1. The molecule has 0 aliphatic rings. The molecule has 124 valence electrons. The highest BCUT2D eigenvalue weighted by Crippen LogP contribution is 2.24. The van der Waals surface area contributed by atoms with Gasteiger partial charge >= 0.3 is 0 Å². The van der Waals surface area contributed by atoms with Gasteiger partial charge in [0.2, 0.25) is 16.9 Å². The maximum Gasteiger partial charge on any atom is 0.277 e. The minimum Gasteiger partial charge on any atom is -0.508 e. The van der Waals surface area contributed by atoms with Crippen molar-refractivity contribution in [1.29, 1.82) is 0 Å². The van der Waals surface area contributed by atoms with Crippen molar-refractivity contribution in [3.63, 3.8) is 0 Å². The number of carbonyl (C=O) groups excluding carboxylic acids is 1. The molecule has 24 heavy (non-hydrogen) atoms. The van der Waals surface area contributed by atoms with E-state index in [9.17, 15) is 9.90 Å². The van der Waals surface area contributed by atoms with Gasteiger partial charge in [0.05, 0.1) is 5.75 Å². The highest BCUT2D eigenvalue weighted by Gasteiger charge is 2.12. The number of phenolic OH excluding ortho intramolecular Hbond substituents is 1. The molecule has 1 aromatic carbocycles. The van der Waals surface area contributed by atoms with Crippen LogP contribution < -0.4 is 5.32 Å². The first kappa shape index (κ1) is 16.4. The first-order valence-corrected chi connectivity index (χ1v) is 8.82. The number of thioether (sulfide) groups is 1. The molecule has 8 nitrogen and oxygen atoms in total. The monoisotopic (exact) mass is 363 g/mol. The molecule has 0 spiro atoms. The third kappa shape index (κ3) is 4.09. The Morgan fingerprint density at radius 2 is 2.04 bits per heavy atom. The van der Waals surface area contributed by atoms with E-state index >= 15 is 0 Å². The molecule has 0 aliphatic carbocycles. The van der Waals surface area contributed by atoms with Crippen molar-refractivity contribution in [2.24, 2.45) is 0 Å². The summed E-state index contributed by atoms with van der Waals surface area (Å²) < 4.78 is 5.49. The van der Waals surface area contributed by atoms with Crippen molar-refractivity contribution in [1.82, 2.24) is 20.4 Å².